The van der Waals surface area contributed by atoms with Crippen molar-refractivity contribution < 1.29 is 0 Å². The summed E-state index contributed by atoms with van der Waals surface area (Å²) in [5, 5.41) is 4.68. The summed E-state index contributed by atoms with van der Waals surface area (Å²) in [6.07, 6.45) is 12.0. The maximum Gasteiger partial charge on any atom is 0.0922 e. The van der Waals surface area contributed by atoms with Gasteiger partial charge in [-0.25, -0.2) is 4.98 Å². The number of hydrogen-bond donors (Lipinski definition) is 2. The summed E-state index contributed by atoms with van der Waals surface area (Å²) in [7, 11) is 0. The standard InChI is InChI=1S/C22H28ClN3/c1-15(25-12-20-11-24-14-26-20)21-7-16-6-17(8-21)10-22(9-16,13-21)18-2-4-19(23)5-3-18/h2-5,11,14-17,25H,6-10,12-13H2,1H3,(H,24,26). The number of rotatable bonds is 5. The van der Waals surface area contributed by atoms with Crippen LogP contribution in [0.5, 0.6) is 0 Å². The second-order valence-corrected chi connectivity index (χ2v) is 9.73. The van der Waals surface area contributed by atoms with Crippen LogP contribution < -0.4 is 5.32 Å². The Kier molecular flexibility index (Phi) is 3.95. The van der Waals surface area contributed by atoms with Crippen molar-refractivity contribution in [3.8, 4) is 0 Å². The predicted molar refractivity (Wildman–Crippen MR) is 105 cm³/mol. The zero-order valence-electron chi connectivity index (χ0n) is 15.5. The van der Waals surface area contributed by atoms with Crippen molar-refractivity contribution in [1.82, 2.24) is 15.3 Å². The van der Waals surface area contributed by atoms with Crippen LogP contribution in [-0.2, 0) is 12.0 Å². The van der Waals surface area contributed by atoms with Crippen LogP contribution in [0.25, 0.3) is 0 Å². The van der Waals surface area contributed by atoms with E-state index in [4.69, 9.17) is 11.6 Å². The first-order valence-electron chi connectivity index (χ1n) is 10.0. The van der Waals surface area contributed by atoms with E-state index in [1.165, 1.54) is 49.8 Å². The summed E-state index contributed by atoms with van der Waals surface area (Å²) >= 11 is 6.17. The normalized spacial score (nSPS) is 36.4. The van der Waals surface area contributed by atoms with Crippen LogP contribution in [0, 0.1) is 17.3 Å². The van der Waals surface area contributed by atoms with E-state index in [9.17, 15) is 0 Å². The van der Waals surface area contributed by atoms with Crippen molar-refractivity contribution in [3.05, 3.63) is 53.1 Å². The van der Waals surface area contributed by atoms with Crippen molar-refractivity contribution in [3.63, 3.8) is 0 Å². The van der Waals surface area contributed by atoms with E-state index >= 15 is 0 Å². The van der Waals surface area contributed by atoms with E-state index < -0.39 is 0 Å². The minimum absolute atomic E-state index is 0.374. The van der Waals surface area contributed by atoms with Gasteiger partial charge in [0, 0.05) is 29.5 Å². The number of hydrogen-bond acceptors (Lipinski definition) is 2. The van der Waals surface area contributed by atoms with Crippen molar-refractivity contribution in [2.45, 2.75) is 63.5 Å². The molecule has 2 N–H and O–H groups in total. The Bertz CT molecular complexity index is 753. The summed E-state index contributed by atoms with van der Waals surface area (Å²) in [6.45, 7) is 3.30. The summed E-state index contributed by atoms with van der Waals surface area (Å²) < 4.78 is 0. The van der Waals surface area contributed by atoms with Crippen LogP contribution in [0.4, 0.5) is 0 Å². The third-order valence-electron chi connectivity index (χ3n) is 7.64. The second kappa shape index (κ2) is 6.10. The quantitative estimate of drug-likeness (QED) is 0.771. The average molecular weight is 370 g/mol. The van der Waals surface area contributed by atoms with Crippen molar-refractivity contribution >= 4 is 11.6 Å². The smallest absolute Gasteiger partial charge is 0.0922 e. The van der Waals surface area contributed by atoms with E-state index in [0.717, 1.165) is 23.4 Å². The highest BCUT2D eigenvalue weighted by Crippen LogP contribution is 2.66. The van der Waals surface area contributed by atoms with Gasteiger partial charge >= 0.3 is 0 Å². The van der Waals surface area contributed by atoms with Gasteiger partial charge in [0.15, 0.2) is 0 Å². The van der Waals surface area contributed by atoms with E-state index in [1.54, 1.807) is 6.33 Å². The first-order valence-corrected chi connectivity index (χ1v) is 10.4. The molecule has 4 aliphatic carbocycles. The third kappa shape index (κ3) is 2.71. The predicted octanol–water partition coefficient (Wildman–Crippen LogP) is 5.08. The highest BCUT2D eigenvalue weighted by molar-refractivity contribution is 6.30. The number of nitrogens with one attached hydrogen (secondary N) is 2. The molecule has 0 spiro atoms. The average Bonchev–Trinajstić information content (AvgIpc) is 3.12. The van der Waals surface area contributed by atoms with Gasteiger partial charge in [-0.15, -0.1) is 0 Å². The molecule has 1 aromatic carbocycles. The van der Waals surface area contributed by atoms with Gasteiger partial charge < -0.3 is 10.3 Å². The lowest BCUT2D eigenvalue weighted by molar-refractivity contribution is -0.0883. The summed E-state index contributed by atoms with van der Waals surface area (Å²) in [6, 6.07) is 9.30. The molecule has 0 amide bonds. The van der Waals surface area contributed by atoms with Gasteiger partial charge in [-0.3, -0.25) is 0 Å². The molecular formula is C22H28ClN3. The lowest BCUT2D eigenvalue weighted by Crippen LogP contribution is -2.59. The van der Waals surface area contributed by atoms with Gasteiger partial charge in [-0.1, -0.05) is 23.7 Å². The third-order valence-corrected chi connectivity index (χ3v) is 7.89. The topological polar surface area (TPSA) is 40.7 Å². The van der Waals surface area contributed by atoms with Crippen LogP contribution in [0.2, 0.25) is 5.02 Å². The largest absolute Gasteiger partial charge is 0.347 e. The number of benzene rings is 1. The highest BCUT2D eigenvalue weighted by atomic mass is 35.5. The van der Waals surface area contributed by atoms with Crippen LogP contribution in [0.1, 0.15) is 56.7 Å². The van der Waals surface area contributed by atoms with Crippen molar-refractivity contribution in [2.24, 2.45) is 17.3 Å². The number of halogens is 1. The molecule has 26 heavy (non-hydrogen) atoms. The SMILES string of the molecule is CC(NCc1cnc[nH]1)C12CC3CC(CC(c4ccc(Cl)cc4)(C3)C1)C2. The van der Waals surface area contributed by atoms with Gasteiger partial charge in [-0.05, 0) is 85.8 Å². The Balaban J connectivity index is 1.42. The molecule has 2 aromatic rings. The maximum absolute atomic E-state index is 6.17. The Morgan fingerprint density at radius 2 is 1.92 bits per heavy atom. The van der Waals surface area contributed by atoms with Crippen molar-refractivity contribution in [1.29, 1.82) is 0 Å². The molecule has 4 saturated carbocycles. The first kappa shape index (κ1) is 16.8. The fraction of sp³-hybridized carbons (Fsp3) is 0.591. The summed E-state index contributed by atoms with van der Waals surface area (Å²) in [4.78, 5) is 7.36. The van der Waals surface area contributed by atoms with Gasteiger partial charge in [0.2, 0.25) is 0 Å². The molecule has 0 saturated heterocycles. The molecule has 3 atom stereocenters. The van der Waals surface area contributed by atoms with Crippen LogP contribution in [0.3, 0.4) is 0 Å². The van der Waals surface area contributed by atoms with Gasteiger partial charge in [0.1, 0.15) is 0 Å². The molecule has 3 unspecified atom stereocenters. The summed E-state index contributed by atoms with van der Waals surface area (Å²) in [5.74, 6) is 1.78. The van der Waals surface area contributed by atoms with Crippen molar-refractivity contribution in [2.75, 3.05) is 0 Å². The maximum atomic E-state index is 6.17. The van der Waals surface area contributed by atoms with E-state index in [2.05, 4.69) is 46.5 Å². The fourth-order valence-corrected chi connectivity index (χ4v) is 6.97. The van der Waals surface area contributed by atoms with E-state index in [1.807, 2.05) is 6.20 Å². The molecular weight excluding hydrogens is 342 g/mol. The number of aromatic nitrogens is 2. The number of H-pyrrole nitrogens is 1. The van der Waals surface area contributed by atoms with E-state index in [0.29, 0.717) is 16.9 Å². The molecule has 0 radical (unpaired) electrons. The van der Waals surface area contributed by atoms with Gasteiger partial charge in [-0.2, -0.15) is 0 Å². The Hall–Kier alpha value is -1.32. The zero-order valence-corrected chi connectivity index (χ0v) is 16.2. The molecule has 1 aromatic heterocycles. The minimum Gasteiger partial charge on any atom is -0.347 e. The Labute approximate surface area is 160 Å². The van der Waals surface area contributed by atoms with Crippen LogP contribution in [-0.4, -0.2) is 16.0 Å². The number of aromatic amines is 1. The Morgan fingerprint density at radius 1 is 1.19 bits per heavy atom. The Morgan fingerprint density at radius 3 is 2.58 bits per heavy atom. The number of nitrogens with zero attached hydrogens (tertiary/aromatic N) is 1. The van der Waals surface area contributed by atoms with Gasteiger partial charge in [0.25, 0.3) is 0 Å². The van der Waals surface area contributed by atoms with Crippen LogP contribution >= 0.6 is 11.6 Å². The molecule has 4 fully saturated rings. The molecule has 4 heteroatoms. The minimum atomic E-state index is 0.374. The van der Waals surface area contributed by atoms with Crippen LogP contribution in [0.15, 0.2) is 36.8 Å². The second-order valence-electron chi connectivity index (χ2n) is 9.29. The lowest BCUT2D eigenvalue weighted by Gasteiger charge is -2.64. The summed E-state index contributed by atoms with van der Waals surface area (Å²) in [5.41, 5.74) is 3.51. The monoisotopic (exact) mass is 369 g/mol. The lowest BCUT2D eigenvalue weighted by atomic mass is 9.41. The first-order chi connectivity index (χ1) is 12.6. The molecule has 0 aliphatic heterocycles. The molecule has 6 rings (SSSR count). The molecule has 4 aliphatic rings. The molecule has 3 nitrogen and oxygen atoms in total. The van der Waals surface area contributed by atoms with Gasteiger partial charge in [0.05, 0.1) is 6.33 Å². The highest BCUT2D eigenvalue weighted by Gasteiger charge is 2.59. The molecule has 1 heterocycles. The fourth-order valence-electron chi connectivity index (χ4n) is 6.84. The number of imidazole rings is 1. The zero-order chi connectivity index (χ0) is 17.8. The molecule has 138 valence electrons. The molecule has 4 bridgehead atoms. The van der Waals surface area contributed by atoms with E-state index in [-0.39, 0.29) is 0 Å².